The van der Waals surface area contributed by atoms with Gasteiger partial charge in [0.15, 0.2) is 0 Å². The summed E-state index contributed by atoms with van der Waals surface area (Å²) in [7, 11) is 0. The fraction of sp³-hybridized carbons (Fsp3) is 0.875. The van der Waals surface area contributed by atoms with Crippen molar-refractivity contribution in [3.05, 3.63) is 0 Å². The first-order valence-corrected chi connectivity index (χ1v) is 4.74. The third-order valence-corrected chi connectivity index (χ3v) is 2.04. The van der Waals surface area contributed by atoms with E-state index in [0.29, 0.717) is 0 Å². The first-order valence-electron chi connectivity index (χ1n) is 4.74. The summed E-state index contributed by atoms with van der Waals surface area (Å²) in [6, 6.07) is 0. The smallest absolute Gasteiger partial charge is 0.319 e. The normalized spacial score (nSPS) is 21.5. The number of nitrogens with zero attached hydrogens (tertiary/aromatic N) is 1. The second-order valence-corrected chi connectivity index (χ2v) is 3.27. The van der Waals surface area contributed by atoms with E-state index in [-0.39, 0.29) is 6.54 Å². The van der Waals surface area contributed by atoms with Gasteiger partial charge < -0.3 is 5.11 Å². The maximum atomic E-state index is 10.4. The van der Waals surface area contributed by atoms with Crippen LogP contribution in [0.1, 0.15) is 25.7 Å². The molecule has 1 aliphatic heterocycles. The summed E-state index contributed by atoms with van der Waals surface area (Å²) in [6.07, 6.45) is 4.60. The summed E-state index contributed by atoms with van der Waals surface area (Å²) in [4.78, 5) is 10.4. The van der Waals surface area contributed by atoms with Gasteiger partial charge in [-0.05, 0) is 12.8 Å². The van der Waals surface area contributed by atoms with E-state index in [2.05, 4.69) is 11.0 Å². The van der Waals surface area contributed by atoms with Gasteiger partial charge in [0.2, 0.25) is 0 Å². The molecule has 1 rings (SSSR count). The third kappa shape index (κ3) is 4.82. The number of carboxylic acid groups (broad SMARTS) is 1. The molecule has 5 heteroatoms. The number of carboxylic acids is 1. The zero-order valence-electron chi connectivity index (χ0n) is 7.75. The first-order chi connectivity index (χ1) is 6.29. The third-order valence-electron chi connectivity index (χ3n) is 2.04. The van der Waals surface area contributed by atoms with Gasteiger partial charge in [-0.25, -0.2) is 10.4 Å². The average Bonchev–Trinajstić information content (AvgIpc) is 2.17. The summed E-state index contributed by atoms with van der Waals surface area (Å²) in [5, 5.41) is 10.3. The molecule has 0 amide bonds. The molecular weight excluding hydrogens is 170 g/mol. The van der Waals surface area contributed by atoms with Crippen molar-refractivity contribution in [2.45, 2.75) is 25.7 Å². The van der Waals surface area contributed by atoms with Crippen molar-refractivity contribution in [1.29, 1.82) is 0 Å². The van der Waals surface area contributed by atoms with E-state index in [4.69, 9.17) is 5.11 Å². The van der Waals surface area contributed by atoms with Crippen molar-refractivity contribution in [2.24, 2.45) is 0 Å². The minimum atomic E-state index is -0.798. The van der Waals surface area contributed by atoms with E-state index in [9.17, 15) is 4.79 Å². The fourth-order valence-corrected chi connectivity index (χ4v) is 1.38. The number of nitrogens with one attached hydrogen (secondary N) is 2. The standard InChI is InChI=1S/C8H17N3O2/c12-8(13)7-11-6-4-2-1-3-5-9-10-11/h9-10H,1-7H2,(H,12,13). The Morgan fingerprint density at radius 1 is 1.31 bits per heavy atom. The molecule has 0 aliphatic carbocycles. The summed E-state index contributed by atoms with van der Waals surface area (Å²) < 4.78 is 0. The van der Waals surface area contributed by atoms with E-state index in [1.807, 2.05) is 0 Å². The molecule has 0 aromatic carbocycles. The Kier molecular flexibility index (Phi) is 4.74. The van der Waals surface area contributed by atoms with Crippen LogP contribution in [-0.2, 0) is 4.79 Å². The molecule has 13 heavy (non-hydrogen) atoms. The lowest BCUT2D eigenvalue weighted by atomic mass is 10.2. The highest BCUT2D eigenvalue weighted by Gasteiger charge is 2.09. The zero-order chi connectivity index (χ0) is 9.52. The number of hydrogen-bond acceptors (Lipinski definition) is 4. The van der Waals surface area contributed by atoms with E-state index in [1.165, 1.54) is 12.8 Å². The largest absolute Gasteiger partial charge is 0.480 e. The van der Waals surface area contributed by atoms with Crippen LogP contribution in [-0.4, -0.2) is 35.7 Å². The molecule has 0 aromatic rings. The topological polar surface area (TPSA) is 64.6 Å². The monoisotopic (exact) mass is 187 g/mol. The van der Waals surface area contributed by atoms with Crippen LogP contribution in [0, 0.1) is 0 Å². The molecule has 0 radical (unpaired) electrons. The van der Waals surface area contributed by atoms with Gasteiger partial charge in [0.05, 0.1) is 0 Å². The Hall–Kier alpha value is -0.650. The predicted octanol–water partition coefficient (Wildman–Crippen LogP) is -0.0438. The van der Waals surface area contributed by atoms with Crippen molar-refractivity contribution < 1.29 is 9.90 Å². The van der Waals surface area contributed by atoms with Crippen LogP contribution in [0.3, 0.4) is 0 Å². The van der Waals surface area contributed by atoms with Gasteiger partial charge in [-0.15, -0.1) is 0 Å². The van der Waals surface area contributed by atoms with Crippen LogP contribution in [0.25, 0.3) is 0 Å². The minimum absolute atomic E-state index is 0.0486. The average molecular weight is 187 g/mol. The van der Waals surface area contributed by atoms with E-state index in [1.54, 1.807) is 5.01 Å². The Morgan fingerprint density at radius 3 is 2.85 bits per heavy atom. The lowest BCUT2D eigenvalue weighted by Crippen LogP contribution is -2.49. The zero-order valence-corrected chi connectivity index (χ0v) is 7.75. The summed E-state index contributed by atoms with van der Waals surface area (Å²) in [5.41, 5.74) is 5.89. The van der Waals surface area contributed by atoms with Crippen LogP contribution in [0.2, 0.25) is 0 Å². The van der Waals surface area contributed by atoms with E-state index >= 15 is 0 Å². The van der Waals surface area contributed by atoms with Crippen LogP contribution < -0.4 is 11.0 Å². The molecule has 0 unspecified atom stereocenters. The molecule has 3 N–H and O–H groups in total. The van der Waals surface area contributed by atoms with Crippen molar-refractivity contribution >= 4 is 5.97 Å². The van der Waals surface area contributed by atoms with Gasteiger partial charge in [0.25, 0.3) is 0 Å². The van der Waals surface area contributed by atoms with Crippen LogP contribution in [0.4, 0.5) is 0 Å². The molecule has 1 heterocycles. The summed E-state index contributed by atoms with van der Waals surface area (Å²) in [6.45, 7) is 1.74. The predicted molar refractivity (Wildman–Crippen MR) is 48.8 cm³/mol. The fourth-order valence-electron chi connectivity index (χ4n) is 1.38. The summed E-state index contributed by atoms with van der Waals surface area (Å²) >= 11 is 0. The highest BCUT2D eigenvalue weighted by molar-refractivity contribution is 5.68. The van der Waals surface area contributed by atoms with Crippen LogP contribution in [0.5, 0.6) is 0 Å². The Bertz CT molecular complexity index is 153. The Morgan fingerprint density at radius 2 is 2.08 bits per heavy atom. The number of carbonyl (C=O) groups is 1. The van der Waals surface area contributed by atoms with Crippen molar-refractivity contribution in [1.82, 2.24) is 16.0 Å². The minimum Gasteiger partial charge on any atom is -0.480 e. The van der Waals surface area contributed by atoms with Gasteiger partial charge in [-0.1, -0.05) is 12.8 Å². The lowest BCUT2D eigenvalue weighted by Gasteiger charge is -2.20. The Labute approximate surface area is 78.0 Å². The Balaban J connectivity index is 2.27. The lowest BCUT2D eigenvalue weighted by molar-refractivity contribution is -0.139. The molecule has 1 aliphatic rings. The molecule has 76 valence electrons. The molecule has 0 saturated carbocycles. The van der Waals surface area contributed by atoms with Gasteiger partial charge >= 0.3 is 5.97 Å². The number of hydrazine groups is 2. The highest BCUT2D eigenvalue weighted by atomic mass is 16.4. The van der Waals surface area contributed by atoms with Crippen molar-refractivity contribution in [3.8, 4) is 0 Å². The molecule has 0 spiro atoms. The van der Waals surface area contributed by atoms with Crippen molar-refractivity contribution in [3.63, 3.8) is 0 Å². The second-order valence-electron chi connectivity index (χ2n) is 3.27. The molecule has 1 fully saturated rings. The quantitative estimate of drug-likeness (QED) is 0.566. The van der Waals surface area contributed by atoms with Crippen LogP contribution >= 0.6 is 0 Å². The van der Waals surface area contributed by atoms with E-state index in [0.717, 1.165) is 25.9 Å². The highest BCUT2D eigenvalue weighted by Crippen LogP contribution is 2.01. The molecule has 0 bridgehead atoms. The molecular formula is C8H17N3O2. The molecule has 5 nitrogen and oxygen atoms in total. The molecule has 0 atom stereocenters. The van der Waals surface area contributed by atoms with Gasteiger partial charge in [-0.2, -0.15) is 5.53 Å². The first kappa shape index (κ1) is 10.4. The van der Waals surface area contributed by atoms with Gasteiger partial charge in [-0.3, -0.25) is 4.79 Å². The maximum Gasteiger partial charge on any atom is 0.319 e. The van der Waals surface area contributed by atoms with Crippen molar-refractivity contribution in [2.75, 3.05) is 19.6 Å². The maximum absolute atomic E-state index is 10.4. The van der Waals surface area contributed by atoms with E-state index < -0.39 is 5.97 Å². The van der Waals surface area contributed by atoms with Gasteiger partial charge in [0.1, 0.15) is 6.54 Å². The number of rotatable bonds is 2. The van der Waals surface area contributed by atoms with Crippen LogP contribution in [0.15, 0.2) is 0 Å². The molecule has 1 saturated heterocycles. The van der Waals surface area contributed by atoms with Gasteiger partial charge in [0, 0.05) is 13.1 Å². The summed E-state index contributed by atoms with van der Waals surface area (Å²) in [5.74, 6) is -0.798. The number of aliphatic carboxylic acids is 1. The molecule has 0 aromatic heterocycles. The SMILES string of the molecule is O=C(O)CN1CCCCCCNN1. The second kappa shape index (κ2) is 5.90. The number of hydrogen-bond donors (Lipinski definition) is 3.